The van der Waals surface area contributed by atoms with Gasteiger partial charge in [-0.2, -0.15) is 0 Å². The van der Waals surface area contributed by atoms with Crippen molar-refractivity contribution in [3.05, 3.63) is 23.8 Å². The molecule has 3 N–H and O–H groups in total. The second-order valence-corrected chi connectivity index (χ2v) is 6.68. The van der Waals surface area contributed by atoms with Gasteiger partial charge in [-0.05, 0) is 49.4 Å². The number of benzene rings is 1. The number of nitrogens with one attached hydrogen (secondary N) is 1. The molecule has 0 radical (unpaired) electrons. The topological polar surface area (TPSA) is 72.1 Å². The van der Waals surface area contributed by atoms with E-state index in [1.807, 2.05) is 18.2 Å². The summed E-state index contributed by atoms with van der Waals surface area (Å²) in [6.45, 7) is 7.17. The van der Waals surface area contributed by atoms with Crippen molar-refractivity contribution in [1.82, 2.24) is 10.2 Å². The third-order valence-corrected chi connectivity index (χ3v) is 4.61. The standard InChI is InChI=1S/C19H32N4O2/c1-15-5-4-11-23(14-15)12-10-22-19(20)21-9-8-16-6-7-17(24-2)18(13-16)25-3/h6-7,13,15H,4-5,8-12,14H2,1-3H3,(H3,20,21,22). The Morgan fingerprint density at radius 2 is 2.12 bits per heavy atom. The first-order valence-electron chi connectivity index (χ1n) is 9.09. The van der Waals surface area contributed by atoms with E-state index in [2.05, 4.69) is 22.1 Å². The van der Waals surface area contributed by atoms with Gasteiger partial charge in [0.25, 0.3) is 0 Å². The number of nitrogens with two attached hydrogens (primary N) is 1. The normalized spacial score (nSPS) is 18.8. The molecule has 0 amide bonds. The number of rotatable bonds is 8. The van der Waals surface area contributed by atoms with Crippen molar-refractivity contribution in [2.45, 2.75) is 26.2 Å². The van der Waals surface area contributed by atoms with Crippen molar-refractivity contribution in [3.63, 3.8) is 0 Å². The van der Waals surface area contributed by atoms with E-state index >= 15 is 0 Å². The summed E-state index contributed by atoms with van der Waals surface area (Å²) in [7, 11) is 3.29. The van der Waals surface area contributed by atoms with Crippen molar-refractivity contribution in [3.8, 4) is 11.5 Å². The van der Waals surface area contributed by atoms with Gasteiger partial charge in [0.05, 0.1) is 20.8 Å². The zero-order chi connectivity index (χ0) is 18.1. The fourth-order valence-corrected chi connectivity index (χ4v) is 3.23. The van der Waals surface area contributed by atoms with Crippen molar-refractivity contribution in [2.75, 3.05) is 46.9 Å². The van der Waals surface area contributed by atoms with Crippen molar-refractivity contribution in [1.29, 1.82) is 0 Å². The molecule has 1 saturated heterocycles. The lowest BCUT2D eigenvalue weighted by molar-refractivity contribution is 0.189. The van der Waals surface area contributed by atoms with Crippen LogP contribution in [0.3, 0.4) is 0 Å². The van der Waals surface area contributed by atoms with Crippen LogP contribution in [0.15, 0.2) is 23.2 Å². The van der Waals surface area contributed by atoms with E-state index in [9.17, 15) is 0 Å². The second kappa shape index (κ2) is 10.1. The number of hydrogen-bond donors (Lipinski definition) is 2. The molecule has 2 rings (SSSR count). The molecule has 1 atom stereocenters. The molecule has 140 valence electrons. The lowest BCUT2D eigenvalue weighted by Gasteiger charge is -2.30. The Balaban J connectivity index is 1.70. The van der Waals surface area contributed by atoms with Gasteiger partial charge in [0.2, 0.25) is 0 Å². The van der Waals surface area contributed by atoms with E-state index in [4.69, 9.17) is 15.2 Å². The molecule has 6 nitrogen and oxygen atoms in total. The number of hydrogen-bond acceptors (Lipinski definition) is 4. The van der Waals surface area contributed by atoms with Gasteiger partial charge >= 0.3 is 0 Å². The minimum atomic E-state index is 0.519. The highest BCUT2D eigenvalue weighted by atomic mass is 16.5. The van der Waals surface area contributed by atoms with E-state index in [1.54, 1.807) is 14.2 Å². The van der Waals surface area contributed by atoms with E-state index in [1.165, 1.54) is 31.5 Å². The fraction of sp³-hybridized carbons (Fsp3) is 0.632. The molecule has 1 unspecified atom stereocenters. The first kappa shape index (κ1) is 19.4. The predicted molar refractivity (Wildman–Crippen MR) is 103 cm³/mol. The number of guanidine groups is 1. The molecule has 0 aliphatic carbocycles. The summed E-state index contributed by atoms with van der Waals surface area (Å²) in [5, 5.41) is 3.18. The summed E-state index contributed by atoms with van der Waals surface area (Å²) in [4.78, 5) is 6.91. The van der Waals surface area contributed by atoms with Gasteiger partial charge in [-0.3, -0.25) is 4.99 Å². The number of ether oxygens (including phenoxy) is 2. The zero-order valence-electron chi connectivity index (χ0n) is 15.8. The Kier molecular flexibility index (Phi) is 7.85. The molecule has 1 heterocycles. The average Bonchev–Trinajstić information content (AvgIpc) is 2.61. The molecule has 0 saturated carbocycles. The molecular weight excluding hydrogens is 316 g/mol. The third kappa shape index (κ3) is 6.46. The molecule has 1 fully saturated rings. The SMILES string of the molecule is COc1ccc(CCNC(N)=NCCN2CCCC(C)C2)cc1OC. The van der Waals surface area contributed by atoms with Gasteiger partial charge in [-0.1, -0.05) is 13.0 Å². The van der Waals surface area contributed by atoms with Crippen molar-refractivity contribution >= 4 is 5.96 Å². The van der Waals surface area contributed by atoms with Crippen LogP contribution < -0.4 is 20.5 Å². The summed E-state index contributed by atoms with van der Waals surface area (Å²) in [5.74, 6) is 2.81. The number of nitrogens with zero attached hydrogens (tertiary/aromatic N) is 2. The zero-order valence-corrected chi connectivity index (χ0v) is 15.8. The summed E-state index contributed by atoms with van der Waals surface area (Å²) >= 11 is 0. The minimum Gasteiger partial charge on any atom is -0.493 e. The molecule has 0 spiro atoms. The van der Waals surface area contributed by atoms with Crippen LogP contribution in [-0.2, 0) is 6.42 Å². The lowest BCUT2D eigenvalue weighted by atomic mass is 10.0. The second-order valence-electron chi connectivity index (χ2n) is 6.68. The highest BCUT2D eigenvalue weighted by Crippen LogP contribution is 2.27. The van der Waals surface area contributed by atoms with Crippen LogP contribution in [0.1, 0.15) is 25.3 Å². The molecule has 1 aromatic carbocycles. The maximum atomic E-state index is 5.96. The van der Waals surface area contributed by atoms with E-state index in [-0.39, 0.29) is 0 Å². The van der Waals surface area contributed by atoms with E-state index < -0.39 is 0 Å². The lowest BCUT2D eigenvalue weighted by Crippen LogP contribution is -2.37. The van der Waals surface area contributed by atoms with Gasteiger partial charge in [-0.15, -0.1) is 0 Å². The third-order valence-electron chi connectivity index (χ3n) is 4.61. The molecule has 25 heavy (non-hydrogen) atoms. The highest BCUT2D eigenvalue weighted by molar-refractivity contribution is 5.77. The molecule has 0 aromatic heterocycles. The van der Waals surface area contributed by atoms with E-state index in [0.29, 0.717) is 5.96 Å². The van der Waals surface area contributed by atoms with Gasteiger partial charge in [-0.25, -0.2) is 0 Å². The van der Waals surface area contributed by atoms with Gasteiger partial charge in [0.1, 0.15) is 0 Å². The van der Waals surface area contributed by atoms with Gasteiger partial charge in [0, 0.05) is 19.6 Å². The first-order chi connectivity index (χ1) is 12.1. The Morgan fingerprint density at radius 3 is 2.84 bits per heavy atom. The summed E-state index contributed by atoms with van der Waals surface area (Å²) in [6.07, 6.45) is 3.49. The van der Waals surface area contributed by atoms with Crippen LogP contribution in [0.25, 0.3) is 0 Å². The number of aliphatic imine (C=N–C) groups is 1. The summed E-state index contributed by atoms with van der Waals surface area (Å²) in [6, 6.07) is 5.95. The highest BCUT2D eigenvalue weighted by Gasteiger charge is 2.15. The molecular formula is C19H32N4O2. The number of methoxy groups -OCH3 is 2. The molecule has 1 aromatic rings. The molecule has 0 bridgehead atoms. The Bertz CT molecular complexity index is 562. The fourth-order valence-electron chi connectivity index (χ4n) is 3.23. The summed E-state index contributed by atoms with van der Waals surface area (Å²) < 4.78 is 10.6. The van der Waals surface area contributed by atoms with Crippen LogP contribution in [0.5, 0.6) is 11.5 Å². The smallest absolute Gasteiger partial charge is 0.188 e. The van der Waals surface area contributed by atoms with Gasteiger partial charge < -0.3 is 25.4 Å². The van der Waals surface area contributed by atoms with E-state index in [0.717, 1.165) is 43.5 Å². The molecule has 1 aliphatic heterocycles. The van der Waals surface area contributed by atoms with Crippen molar-refractivity contribution in [2.24, 2.45) is 16.6 Å². The van der Waals surface area contributed by atoms with Crippen LogP contribution in [0.4, 0.5) is 0 Å². The maximum Gasteiger partial charge on any atom is 0.188 e. The average molecular weight is 348 g/mol. The van der Waals surface area contributed by atoms with Gasteiger partial charge in [0.15, 0.2) is 17.5 Å². The Labute approximate surface area is 151 Å². The molecule has 6 heteroatoms. The molecule has 1 aliphatic rings. The maximum absolute atomic E-state index is 5.96. The number of piperidine rings is 1. The van der Waals surface area contributed by atoms with Crippen LogP contribution in [0, 0.1) is 5.92 Å². The quantitative estimate of drug-likeness (QED) is 0.554. The first-order valence-corrected chi connectivity index (χ1v) is 9.09. The largest absolute Gasteiger partial charge is 0.493 e. The predicted octanol–water partition coefficient (Wildman–Crippen LogP) is 1.88. The summed E-state index contributed by atoms with van der Waals surface area (Å²) in [5.41, 5.74) is 7.13. The Morgan fingerprint density at radius 1 is 1.32 bits per heavy atom. The van der Waals surface area contributed by atoms with Crippen molar-refractivity contribution < 1.29 is 9.47 Å². The van der Waals surface area contributed by atoms with Crippen LogP contribution in [-0.4, -0.2) is 57.8 Å². The monoisotopic (exact) mass is 348 g/mol. The van der Waals surface area contributed by atoms with Crippen LogP contribution in [0.2, 0.25) is 0 Å². The van der Waals surface area contributed by atoms with Crippen LogP contribution >= 0.6 is 0 Å². The number of likely N-dealkylation sites (tertiary alicyclic amines) is 1. The Hall–Kier alpha value is -1.95. The minimum absolute atomic E-state index is 0.519.